The van der Waals surface area contributed by atoms with Crippen molar-refractivity contribution in [2.75, 3.05) is 26.7 Å². The van der Waals surface area contributed by atoms with E-state index in [1.165, 1.54) is 4.90 Å². The second-order valence-corrected chi connectivity index (χ2v) is 5.21. The molecule has 0 unspecified atom stereocenters. The molecule has 1 aliphatic heterocycles. The smallest absolute Gasteiger partial charge is 0.254 e. The number of rotatable bonds is 4. The predicted octanol–water partition coefficient (Wildman–Crippen LogP) is 1.45. The fourth-order valence-corrected chi connectivity index (χ4v) is 2.46. The van der Waals surface area contributed by atoms with Gasteiger partial charge in [0, 0.05) is 25.7 Å². The Kier molecular flexibility index (Phi) is 4.94. The monoisotopic (exact) mass is 285 g/mol. The van der Waals surface area contributed by atoms with Crippen LogP contribution in [0.4, 0.5) is 0 Å². The van der Waals surface area contributed by atoms with Gasteiger partial charge in [-0.3, -0.25) is 9.59 Å². The number of carbonyl (C=O) groups is 2. The quantitative estimate of drug-likeness (QED) is 0.841. The van der Waals surface area contributed by atoms with E-state index in [4.69, 9.17) is 5.26 Å². The summed E-state index contributed by atoms with van der Waals surface area (Å²) >= 11 is 0. The zero-order chi connectivity index (χ0) is 15.2. The van der Waals surface area contributed by atoms with Gasteiger partial charge in [-0.25, -0.2) is 0 Å². The Morgan fingerprint density at radius 2 is 2.19 bits per heavy atom. The van der Waals surface area contributed by atoms with E-state index in [0.717, 1.165) is 18.4 Å². The van der Waals surface area contributed by atoms with Gasteiger partial charge in [0.05, 0.1) is 12.5 Å². The number of nitriles is 1. The molecule has 0 saturated heterocycles. The van der Waals surface area contributed by atoms with Gasteiger partial charge in [-0.05, 0) is 24.5 Å². The zero-order valence-corrected chi connectivity index (χ0v) is 12.2. The van der Waals surface area contributed by atoms with Crippen molar-refractivity contribution in [2.45, 2.75) is 19.3 Å². The van der Waals surface area contributed by atoms with Crippen LogP contribution in [-0.4, -0.2) is 48.3 Å². The summed E-state index contributed by atoms with van der Waals surface area (Å²) in [5.41, 5.74) is 1.75. The summed E-state index contributed by atoms with van der Waals surface area (Å²) in [4.78, 5) is 27.7. The summed E-state index contributed by atoms with van der Waals surface area (Å²) in [5, 5.41) is 8.55. The lowest BCUT2D eigenvalue weighted by Crippen LogP contribution is -2.41. The first kappa shape index (κ1) is 15.0. The van der Waals surface area contributed by atoms with Gasteiger partial charge in [-0.1, -0.05) is 18.2 Å². The van der Waals surface area contributed by atoms with Crippen LogP contribution in [0.3, 0.4) is 0 Å². The Bertz CT molecular complexity index is 577. The third-order valence-electron chi connectivity index (χ3n) is 3.72. The van der Waals surface area contributed by atoms with Gasteiger partial charge in [0.15, 0.2) is 0 Å². The molecule has 0 spiro atoms. The summed E-state index contributed by atoms with van der Waals surface area (Å²) in [5.74, 6) is -0.205. The van der Waals surface area contributed by atoms with E-state index in [1.54, 1.807) is 11.9 Å². The minimum atomic E-state index is -0.127. The van der Waals surface area contributed by atoms with Crippen molar-refractivity contribution in [2.24, 2.45) is 0 Å². The Morgan fingerprint density at radius 3 is 2.95 bits per heavy atom. The fourth-order valence-electron chi connectivity index (χ4n) is 2.46. The maximum Gasteiger partial charge on any atom is 0.254 e. The van der Waals surface area contributed by atoms with E-state index in [0.29, 0.717) is 25.1 Å². The first-order valence-electron chi connectivity index (χ1n) is 7.11. The zero-order valence-electron chi connectivity index (χ0n) is 12.2. The number of nitrogens with zero attached hydrogens (tertiary/aromatic N) is 3. The molecule has 2 rings (SSSR count). The number of fused-ring (bicyclic) bond motifs is 1. The van der Waals surface area contributed by atoms with Crippen molar-refractivity contribution in [3.8, 4) is 6.07 Å². The summed E-state index contributed by atoms with van der Waals surface area (Å²) in [7, 11) is 1.66. The van der Waals surface area contributed by atoms with Gasteiger partial charge in [0.1, 0.15) is 6.54 Å². The van der Waals surface area contributed by atoms with Gasteiger partial charge < -0.3 is 9.80 Å². The maximum absolute atomic E-state index is 12.5. The van der Waals surface area contributed by atoms with Crippen LogP contribution in [0.15, 0.2) is 24.3 Å². The molecule has 5 heteroatoms. The molecule has 0 aliphatic carbocycles. The molecule has 1 aromatic rings. The predicted molar refractivity (Wildman–Crippen MR) is 78.5 cm³/mol. The van der Waals surface area contributed by atoms with Gasteiger partial charge >= 0.3 is 0 Å². The van der Waals surface area contributed by atoms with E-state index in [1.807, 2.05) is 30.3 Å². The lowest BCUT2D eigenvalue weighted by Gasteiger charge is -2.23. The highest BCUT2D eigenvalue weighted by Gasteiger charge is 2.24. The van der Waals surface area contributed by atoms with Crippen molar-refractivity contribution >= 4 is 11.8 Å². The molecule has 0 atom stereocenters. The first-order valence-corrected chi connectivity index (χ1v) is 7.11. The summed E-state index contributed by atoms with van der Waals surface area (Å²) < 4.78 is 0. The van der Waals surface area contributed by atoms with E-state index < -0.39 is 0 Å². The van der Waals surface area contributed by atoms with Gasteiger partial charge in [0.2, 0.25) is 5.91 Å². The second-order valence-electron chi connectivity index (χ2n) is 5.21. The fraction of sp³-hybridized carbons (Fsp3) is 0.438. The van der Waals surface area contributed by atoms with Gasteiger partial charge in [0.25, 0.3) is 5.91 Å². The minimum Gasteiger partial charge on any atom is -0.343 e. The van der Waals surface area contributed by atoms with E-state index in [-0.39, 0.29) is 18.4 Å². The first-order chi connectivity index (χ1) is 10.1. The van der Waals surface area contributed by atoms with Crippen molar-refractivity contribution < 1.29 is 9.59 Å². The van der Waals surface area contributed by atoms with Crippen molar-refractivity contribution in [1.82, 2.24) is 9.80 Å². The van der Waals surface area contributed by atoms with Crippen LogP contribution in [0.25, 0.3) is 0 Å². The molecule has 1 aliphatic rings. The summed E-state index contributed by atoms with van der Waals surface area (Å²) in [6.07, 6.45) is 2.02. The van der Waals surface area contributed by atoms with E-state index in [2.05, 4.69) is 0 Å². The third-order valence-corrected chi connectivity index (χ3v) is 3.72. The number of aryl methyl sites for hydroxylation is 1. The number of carbonyl (C=O) groups excluding carboxylic acids is 2. The highest BCUT2D eigenvalue weighted by atomic mass is 16.2. The number of hydrogen-bond donors (Lipinski definition) is 0. The molecule has 1 aromatic carbocycles. The van der Waals surface area contributed by atoms with Crippen molar-refractivity contribution in [1.29, 1.82) is 5.26 Å². The average Bonchev–Trinajstić information content (AvgIpc) is 2.65. The van der Waals surface area contributed by atoms with Crippen molar-refractivity contribution in [3.05, 3.63) is 35.4 Å². The molecule has 0 bridgehead atoms. The molecule has 0 aromatic heterocycles. The van der Waals surface area contributed by atoms with Gasteiger partial charge in [-0.15, -0.1) is 0 Å². The van der Waals surface area contributed by atoms with Crippen LogP contribution < -0.4 is 0 Å². The second kappa shape index (κ2) is 6.89. The molecule has 5 nitrogen and oxygen atoms in total. The Labute approximate surface area is 124 Å². The number of amides is 2. The third kappa shape index (κ3) is 3.60. The van der Waals surface area contributed by atoms with Crippen LogP contribution in [0.2, 0.25) is 0 Å². The molecule has 0 radical (unpaired) electrons. The SMILES string of the molecule is CN(CCC#N)C(=O)CN1CCCc2ccccc2C1=O. The van der Waals surface area contributed by atoms with E-state index in [9.17, 15) is 9.59 Å². The molecular formula is C16H19N3O2. The average molecular weight is 285 g/mol. The normalized spacial score (nSPS) is 14.1. The molecule has 0 fully saturated rings. The van der Waals surface area contributed by atoms with Crippen LogP contribution in [-0.2, 0) is 11.2 Å². The minimum absolute atomic E-state index is 0.0785. The highest BCUT2D eigenvalue weighted by molar-refractivity contribution is 5.98. The molecule has 0 saturated carbocycles. The highest BCUT2D eigenvalue weighted by Crippen LogP contribution is 2.18. The molecule has 0 N–H and O–H groups in total. The number of hydrogen-bond acceptors (Lipinski definition) is 3. The molecule has 110 valence electrons. The lowest BCUT2D eigenvalue weighted by atomic mass is 10.0. The number of benzene rings is 1. The topological polar surface area (TPSA) is 64.4 Å². The van der Waals surface area contributed by atoms with Crippen LogP contribution in [0, 0.1) is 11.3 Å². The molecular weight excluding hydrogens is 266 g/mol. The Balaban J connectivity index is 2.06. The lowest BCUT2D eigenvalue weighted by molar-refractivity contribution is -0.130. The van der Waals surface area contributed by atoms with E-state index >= 15 is 0 Å². The number of likely N-dealkylation sites (N-methyl/N-ethyl adjacent to an activating group) is 1. The summed E-state index contributed by atoms with van der Waals surface area (Å²) in [6.45, 7) is 1.06. The summed E-state index contributed by atoms with van der Waals surface area (Å²) in [6, 6.07) is 9.59. The Hall–Kier alpha value is -2.35. The maximum atomic E-state index is 12.5. The van der Waals surface area contributed by atoms with Crippen LogP contribution in [0.5, 0.6) is 0 Å². The van der Waals surface area contributed by atoms with Crippen molar-refractivity contribution in [3.63, 3.8) is 0 Å². The molecule has 21 heavy (non-hydrogen) atoms. The molecule has 2 amide bonds. The van der Waals surface area contributed by atoms with Crippen LogP contribution in [0.1, 0.15) is 28.8 Å². The standard InChI is InChI=1S/C16H19N3O2/c1-18(10-5-9-17)15(20)12-19-11-4-7-13-6-2-3-8-14(13)16(19)21/h2-3,6,8H,4-5,7,10-12H2,1H3. The van der Waals surface area contributed by atoms with Crippen LogP contribution >= 0.6 is 0 Å². The van der Waals surface area contributed by atoms with Gasteiger partial charge in [-0.2, -0.15) is 5.26 Å². The Morgan fingerprint density at radius 1 is 1.43 bits per heavy atom. The largest absolute Gasteiger partial charge is 0.343 e. The molecule has 1 heterocycles.